The average molecular weight is 251 g/mol. The monoisotopic (exact) mass is 251 g/mol. The van der Waals surface area contributed by atoms with E-state index in [0.29, 0.717) is 0 Å². The molecule has 0 aliphatic carbocycles. The Bertz CT molecular complexity index is 442. The molecule has 0 aliphatic rings. The molecule has 4 nitrogen and oxygen atoms in total. The molecular formula is C13H14FNO3. The normalized spacial score (nSPS) is 11.4. The molecular weight excluding hydrogens is 237 g/mol. The van der Waals surface area contributed by atoms with Gasteiger partial charge in [0.25, 0.3) is 5.91 Å². The van der Waals surface area contributed by atoms with E-state index >= 15 is 0 Å². The summed E-state index contributed by atoms with van der Waals surface area (Å²) < 4.78 is 17.3. The molecule has 0 radical (unpaired) electrons. The first-order valence-corrected chi connectivity index (χ1v) is 5.33. The van der Waals surface area contributed by atoms with E-state index in [1.54, 1.807) is 0 Å². The number of rotatable bonds is 5. The summed E-state index contributed by atoms with van der Waals surface area (Å²) in [5, 5.41) is 2.50. The second-order valence-electron chi connectivity index (χ2n) is 3.58. The Morgan fingerprint density at radius 3 is 2.56 bits per heavy atom. The molecule has 1 aromatic rings. The molecule has 1 aromatic carbocycles. The number of nitrogens with one attached hydrogen (secondary N) is 1. The van der Waals surface area contributed by atoms with Crippen LogP contribution in [-0.4, -0.2) is 25.0 Å². The predicted molar refractivity (Wildman–Crippen MR) is 64.5 cm³/mol. The van der Waals surface area contributed by atoms with Crippen LogP contribution in [0.15, 0.2) is 36.9 Å². The molecule has 0 fully saturated rings. The zero-order valence-corrected chi connectivity index (χ0v) is 9.98. The van der Waals surface area contributed by atoms with Crippen molar-refractivity contribution < 1.29 is 18.7 Å². The fraction of sp³-hybridized carbons (Fsp3) is 0.231. The molecule has 0 bridgehead atoms. The van der Waals surface area contributed by atoms with Gasteiger partial charge < -0.3 is 10.1 Å². The van der Waals surface area contributed by atoms with Crippen LogP contribution in [0.2, 0.25) is 0 Å². The van der Waals surface area contributed by atoms with Crippen LogP contribution in [0.4, 0.5) is 4.39 Å². The summed E-state index contributed by atoms with van der Waals surface area (Å²) in [5.41, 5.74) is 0.273. The molecule has 1 atom stereocenters. The Hall–Kier alpha value is -2.17. The lowest BCUT2D eigenvalue weighted by atomic mass is 10.1. The molecule has 0 heterocycles. The fourth-order valence-electron chi connectivity index (χ4n) is 1.37. The van der Waals surface area contributed by atoms with Crippen LogP contribution < -0.4 is 5.32 Å². The van der Waals surface area contributed by atoms with Gasteiger partial charge in [0.2, 0.25) is 0 Å². The molecule has 96 valence electrons. The number of carbonyl (C=O) groups is 2. The lowest BCUT2D eigenvalue weighted by molar-refractivity contribution is -0.142. The maximum atomic E-state index is 12.7. The van der Waals surface area contributed by atoms with Crippen LogP contribution in [0.1, 0.15) is 16.8 Å². The smallest absolute Gasteiger partial charge is 0.328 e. The van der Waals surface area contributed by atoms with Crippen LogP contribution in [0.3, 0.4) is 0 Å². The third-order valence-electron chi connectivity index (χ3n) is 2.30. The Morgan fingerprint density at radius 2 is 2.06 bits per heavy atom. The summed E-state index contributed by atoms with van der Waals surface area (Å²) in [6.07, 6.45) is 1.77. The van der Waals surface area contributed by atoms with E-state index in [2.05, 4.69) is 16.6 Å². The first-order chi connectivity index (χ1) is 8.58. The van der Waals surface area contributed by atoms with Gasteiger partial charge in [-0.25, -0.2) is 9.18 Å². The molecule has 0 unspecified atom stereocenters. The van der Waals surface area contributed by atoms with Gasteiger partial charge in [0.1, 0.15) is 11.9 Å². The van der Waals surface area contributed by atoms with E-state index < -0.39 is 23.7 Å². The van der Waals surface area contributed by atoms with Gasteiger partial charge >= 0.3 is 5.97 Å². The zero-order chi connectivity index (χ0) is 13.5. The Morgan fingerprint density at radius 1 is 1.44 bits per heavy atom. The molecule has 0 saturated heterocycles. The summed E-state index contributed by atoms with van der Waals surface area (Å²) in [5.74, 6) is -1.44. The van der Waals surface area contributed by atoms with Crippen molar-refractivity contribution >= 4 is 11.9 Å². The van der Waals surface area contributed by atoms with Gasteiger partial charge in [-0.1, -0.05) is 6.08 Å². The van der Waals surface area contributed by atoms with Crippen LogP contribution in [0, 0.1) is 5.82 Å². The molecule has 1 N–H and O–H groups in total. The van der Waals surface area contributed by atoms with Gasteiger partial charge in [-0.2, -0.15) is 0 Å². The number of carbonyl (C=O) groups excluding carboxylic acids is 2. The van der Waals surface area contributed by atoms with Crippen LogP contribution >= 0.6 is 0 Å². The van der Waals surface area contributed by atoms with Crippen molar-refractivity contribution in [3.8, 4) is 0 Å². The van der Waals surface area contributed by atoms with Crippen molar-refractivity contribution in [3.63, 3.8) is 0 Å². The number of hydrogen-bond acceptors (Lipinski definition) is 3. The Labute approximate surface area is 104 Å². The number of benzene rings is 1. The summed E-state index contributed by atoms with van der Waals surface area (Å²) in [7, 11) is 1.24. The highest BCUT2D eigenvalue weighted by atomic mass is 19.1. The van der Waals surface area contributed by atoms with E-state index in [0.717, 1.165) is 0 Å². The third kappa shape index (κ3) is 3.69. The summed E-state index contributed by atoms with van der Waals surface area (Å²) >= 11 is 0. The Kier molecular flexibility index (Phi) is 5.05. The minimum Gasteiger partial charge on any atom is -0.467 e. The molecule has 0 aliphatic heterocycles. The number of methoxy groups -OCH3 is 1. The fourth-order valence-corrected chi connectivity index (χ4v) is 1.37. The highest BCUT2D eigenvalue weighted by Gasteiger charge is 2.20. The van der Waals surface area contributed by atoms with Gasteiger partial charge in [-0.15, -0.1) is 6.58 Å². The molecule has 1 amide bonds. The topological polar surface area (TPSA) is 55.4 Å². The first-order valence-electron chi connectivity index (χ1n) is 5.33. The molecule has 18 heavy (non-hydrogen) atoms. The van der Waals surface area contributed by atoms with Crippen molar-refractivity contribution in [2.45, 2.75) is 12.5 Å². The minimum atomic E-state index is -0.787. The zero-order valence-electron chi connectivity index (χ0n) is 9.98. The second kappa shape index (κ2) is 6.54. The van der Waals surface area contributed by atoms with Crippen molar-refractivity contribution in [1.29, 1.82) is 0 Å². The average Bonchev–Trinajstić information content (AvgIpc) is 2.38. The lowest BCUT2D eigenvalue weighted by Gasteiger charge is -2.14. The van der Waals surface area contributed by atoms with Crippen LogP contribution in [-0.2, 0) is 9.53 Å². The van der Waals surface area contributed by atoms with E-state index in [1.807, 2.05) is 0 Å². The van der Waals surface area contributed by atoms with E-state index in [9.17, 15) is 14.0 Å². The Balaban J connectivity index is 2.74. The van der Waals surface area contributed by atoms with Gasteiger partial charge in [0.15, 0.2) is 0 Å². The number of hydrogen-bond donors (Lipinski definition) is 1. The highest BCUT2D eigenvalue weighted by Crippen LogP contribution is 2.04. The molecule has 5 heteroatoms. The minimum absolute atomic E-state index is 0.264. The van der Waals surface area contributed by atoms with E-state index in [4.69, 9.17) is 0 Å². The second-order valence-corrected chi connectivity index (χ2v) is 3.58. The van der Waals surface area contributed by atoms with Crippen molar-refractivity contribution in [3.05, 3.63) is 48.3 Å². The standard InChI is InChI=1S/C13H14FNO3/c1-3-4-11(13(17)18-2)15-12(16)9-5-7-10(14)8-6-9/h3,5-8,11H,1,4H2,2H3,(H,15,16)/t11-/m0/s1. The first kappa shape index (κ1) is 13.9. The largest absolute Gasteiger partial charge is 0.467 e. The maximum absolute atomic E-state index is 12.7. The molecule has 1 rings (SSSR count). The lowest BCUT2D eigenvalue weighted by Crippen LogP contribution is -2.41. The van der Waals surface area contributed by atoms with E-state index in [-0.39, 0.29) is 12.0 Å². The third-order valence-corrected chi connectivity index (χ3v) is 2.30. The number of esters is 1. The van der Waals surface area contributed by atoms with Crippen LogP contribution in [0.5, 0.6) is 0 Å². The van der Waals surface area contributed by atoms with Gasteiger partial charge in [-0.3, -0.25) is 4.79 Å². The molecule has 0 saturated carbocycles. The van der Waals surface area contributed by atoms with Crippen molar-refractivity contribution in [2.24, 2.45) is 0 Å². The van der Waals surface area contributed by atoms with Crippen LogP contribution in [0.25, 0.3) is 0 Å². The summed E-state index contributed by atoms with van der Waals surface area (Å²) in [4.78, 5) is 23.2. The maximum Gasteiger partial charge on any atom is 0.328 e. The SMILES string of the molecule is C=CC[C@H](NC(=O)c1ccc(F)cc1)C(=O)OC. The summed E-state index contributed by atoms with van der Waals surface area (Å²) in [6.45, 7) is 3.50. The number of amides is 1. The predicted octanol–water partition coefficient (Wildman–Crippen LogP) is 1.67. The highest BCUT2D eigenvalue weighted by molar-refractivity contribution is 5.96. The van der Waals surface area contributed by atoms with Gasteiger partial charge in [0, 0.05) is 5.56 Å². The van der Waals surface area contributed by atoms with Crippen molar-refractivity contribution in [2.75, 3.05) is 7.11 Å². The number of halogens is 1. The van der Waals surface area contributed by atoms with E-state index in [1.165, 1.54) is 37.5 Å². The quantitative estimate of drug-likeness (QED) is 0.639. The molecule has 0 spiro atoms. The summed E-state index contributed by atoms with van der Waals surface area (Å²) in [6, 6.07) is 4.25. The van der Waals surface area contributed by atoms with Gasteiger partial charge in [0.05, 0.1) is 7.11 Å². The molecule has 0 aromatic heterocycles. The van der Waals surface area contributed by atoms with Gasteiger partial charge in [-0.05, 0) is 30.7 Å². The number of ether oxygens (including phenoxy) is 1. The van der Waals surface area contributed by atoms with Crippen molar-refractivity contribution in [1.82, 2.24) is 5.32 Å².